The Morgan fingerprint density at radius 1 is 1.17 bits per heavy atom. The molecule has 1 aliphatic carbocycles. The minimum Gasteiger partial charge on any atom is -0.486 e. The van der Waals surface area contributed by atoms with Crippen LogP contribution in [-0.2, 0) is 5.60 Å². The number of rotatable bonds is 1. The van der Waals surface area contributed by atoms with Gasteiger partial charge in [0.25, 0.3) is 0 Å². The van der Waals surface area contributed by atoms with Gasteiger partial charge >= 0.3 is 0 Å². The van der Waals surface area contributed by atoms with Crippen LogP contribution in [0.5, 0.6) is 11.5 Å². The van der Waals surface area contributed by atoms with Crippen molar-refractivity contribution in [1.29, 1.82) is 0 Å². The second-order valence-corrected chi connectivity index (χ2v) is 5.43. The zero-order chi connectivity index (χ0) is 12.6. The van der Waals surface area contributed by atoms with Gasteiger partial charge in [0, 0.05) is 0 Å². The largest absolute Gasteiger partial charge is 0.486 e. The lowest BCUT2D eigenvalue weighted by atomic mass is 9.72. The number of fused-ring (bicyclic) bond motifs is 1. The van der Waals surface area contributed by atoms with Crippen molar-refractivity contribution in [3.63, 3.8) is 0 Å². The summed E-state index contributed by atoms with van der Waals surface area (Å²) in [6.07, 6.45) is 4.24. The van der Waals surface area contributed by atoms with Crippen molar-refractivity contribution < 1.29 is 14.6 Å². The van der Waals surface area contributed by atoms with Crippen LogP contribution in [0.15, 0.2) is 18.2 Å². The summed E-state index contributed by atoms with van der Waals surface area (Å²) in [5.41, 5.74) is 0.271. The Bertz CT molecular complexity index is 443. The predicted octanol–water partition coefficient (Wildman–Crippen LogP) is 2.86. The van der Waals surface area contributed by atoms with E-state index in [0.29, 0.717) is 19.1 Å². The summed E-state index contributed by atoms with van der Waals surface area (Å²) >= 11 is 0. The van der Waals surface area contributed by atoms with Gasteiger partial charge in [0.2, 0.25) is 0 Å². The predicted molar refractivity (Wildman–Crippen MR) is 69.0 cm³/mol. The van der Waals surface area contributed by atoms with E-state index >= 15 is 0 Å². The van der Waals surface area contributed by atoms with Gasteiger partial charge in [-0.1, -0.05) is 25.8 Å². The van der Waals surface area contributed by atoms with Crippen molar-refractivity contribution in [1.82, 2.24) is 0 Å². The Labute approximate surface area is 108 Å². The smallest absolute Gasteiger partial charge is 0.161 e. The highest BCUT2D eigenvalue weighted by molar-refractivity contribution is 5.45. The Kier molecular flexibility index (Phi) is 2.94. The summed E-state index contributed by atoms with van der Waals surface area (Å²) in [7, 11) is 0. The molecule has 1 heterocycles. The Hall–Kier alpha value is -1.22. The van der Waals surface area contributed by atoms with Crippen LogP contribution in [0.2, 0.25) is 0 Å². The molecule has 3 rings (SSSR count). The van der Waals surface area contributed by atoms with Crippen LogP contribution in [-0.4, -0.2) is 18.3 Å². The van der Waals surface area contributed by atoms with Gasteiger partial charge in [0.1, 0.15) is 13.2 Å². The summed E-state index contributed by atoms with van der Waals surface area (Å²) in [5, 5.41) is 10.9. The van der Waals surface area contributed by atoms with Crippen LogP contribution in [0.1, 0.15) is 38.2 Å². The van der Waals surface area contributed by atoms with Crippen LogP contribution in [0.4, 0.5) is 0 Å². The molecule has 2 atom stereocenters. The standard InChI is InChI=1S/C15H20O3/c1-11-4-2-3-7-15(11,16)12-5-6-13-14(10-12)18-9-8-17-13/h5-6,10-11,16H,2-4,7-9H2,1H3. The minimum atomic E-state index is -0.700. The van der Waals surface area contributed by atoms with Crippen LogP contribution < -0.4 is 9.47 Å². The molecule has 0 amide bonds. The zero-order valence-electron chi connectivity index (χ0n) is 10.8. The monoisotopic (exact) mass is 248 g/mol. The Balaban J connectivity index is 1.95. The lowest BCUT2D eigenvalue weighted by molar-refractivity contribution is -0.0472. The number of aliphatic hydroxyl groups is 1. The molecule has 2 unspecified atom stereocenters. The van der Waals surface area contributed by atoms with E-state index in [9.17, 15) is 5.11 Å². The lowest BCUT2D eigenvalue weighted by Gasteiger charge is -2.39. The molecule has 18 heavy (non-hydrogen) atoms. The van der Waals surface area contributed by atoms with Gasteiger partial charge in [-0.2, -0.15) is 0 Å². The van der Waals surface area contributed by atoms with E-state index in [-0.39, 0.29) is 0 Å². The minimum absolute atomic E-state index is 0.300. The topological polar surface area (TPSA) is 38.7 Å². The van der Waals surface area contributed by atoms with Crippen molar-refractivity contribution >= 4 is 0 Å². The van der Waals surface area contributed by atoms with Crippen LogP contribution in [0, 0.1) is 5.92 Å². The van der Waals surface area contributed by atoms with Gasteiger partial charge in [-0.3, -0.25) is 0 Å². The van der Waals surface area contributed by atoms with Crippen molar-refractivity contribution in [3.8, 4) is 11.5 Å². The Morgan fingerprint density at radius 2 is 1.94 bits per heavy atom. The van der Waals surface area contributed by atoms with Gasteiger partial charge in [0.15, 0.2) is 11.5 Å². The second-order valence-electron chi connectivity index (χ2n) is 5.43. The molecule has 1 fully saturated rings. The fourth-order valence-electron chi connectivity index (χ4n) is 3.07. The summed E-state index contributed by atoms with van der Waals surface area (Å²) in [5.74, 6) is 1.86. The first-order valence-corrected chi connectivity index (χ1v) is 6.83. The zero-order valence-corrected chi connectivity index (χ0v) is 10.8. The lowest BCUT2D eigenvalue weighted by Crippen LogP contribution is -2.36. The number of ether oxygens (including phenoxy) is 2. The van der Waals surface area contributed by atoms with Gasteiger partial charge in [-0.25, -0.2) is 0 Å². The molecule has 1 aromatic carbocycles. The molecular weight excluding hydrogens is 228 g/mol. The molecule has 0 spiro atoms. The highest BCUT2D eigenvalue weighted by Crippen LogP contribution is 2.44. The molecule has 98 valence electrons. The molecule has 1 saturated carbocycles. The van der Waals surface area contributed by atoms with E-state index in [1.807, 2.05) is 18.2 Å². The Morgan fingerprint density at radius 3 is 2.72 bits per heavy atom. The van der Waals surface area contributed by atoms with Gasteiger partial charge < -0.3 is 14.6 Å². The van der Waals surface area contributed by atoms with Crippen molar-refractivity contribution in [2.45, 2.75) is 38.2 Å². The maximum absolute atomic E-state index is 10.9. The first-order valence-electron chi connectivity index (χ1n) is 6.83. The van der Waals surface area contributed by atoms with Crippen LogP contribution in [0.25, 0.3) is 0 Å². The van der Waals surface area contributed by atoms with E-state index in [1.54, 1.807) is 0 Å². The summed E-state index contributed by atoms with van der Waals surface area (Å²) in [6.45, 7) is 3.33. The molecule has 0 aromatic heterocycles. The molecule has 0 radical (unpaired) electrons. The number of hydrogen-bond acceptors (Lipinski definition) is 3. The first kappa shape index (κ1) is 11.8. The summed E-state index contributed by atoms with van der Waals surface area (Å²) < 4.78 is 11.1. The molecule has 3 nitrogen and oxygen atoms in total. The average molecular weight is 248 g/mol. The SMILES string of the molecule is CC1CCCCC1(O)c1ccc2c(c1)OCCO2. The molecule has 1 aliphatic heterocycles. The molecular formula is C15H20O3. The highest BCUT2D eigenvalue weighted by atomic mass is 16.6. The fourth-order valence-corrected chi connectivity index (χ4v) is 3.07. The van der Waals surface area contributed by atoms with Gasteiger partial charge in [-0.15, -0.1) is 0 Å². The third kappa shape index (κ3) is 1.87. The van der Waals surface area contributed by atoms with E-state index in [1.165, 1.54) is 6.42 Å². The molecule has 1 N–H and O–H groups in total. The molecule has 2 aliphatic rings. The summed E-state index contributed by atoms with van der Waals surface area (Å²) in [6, 6.07) is 5.86. The van der Waals surface area contributed by atoms with Crippen molar-refractivity contribution in [2.75, 3.05) is 13.2 Å². The van der Waals surface area contributed by atoms with Crippen molar-refractivity contribution in [2.24, 2.45) is 5.92 Å². The van der Waals surface area contributed by atoms with E-state index in [4.69, 9.17) is 9.47 Å². The summed E-state index contributed by atoms with van der Waals surface area (Å²) in [4.78, 5) is 0. The third-order valence-electron chi connectivity index (χ3n) is 4.30. The first-order chi connectivity index (χ1) is 8.70. The third-order valence-corrected chi connectivity index (χ3v) is 4.30. The number of benzene rings is 1. The van der Waals surface area contributed by atoms with Crippen molar-refractivity contribution in [3.05, 3.63) is 23.8 Å². The maximum Gasteiger partial charge on any atom is 0.161 e. The number of hydrogen-bond donors (Lipinski definition) is 1. The highest BCUT2D eigenvalue weighted by Gasteiger charge is 2.38. The normalized spacial score (nSPS) is 31.1. The molecule has 0 bridgehead atoms. The second kappa shape index (κ2) is 4.47. The van der Waals surface area contributed by atoms with E-state index < -0.39 is 5.60 Å². The molecule has 0 saturated heterocycles. The van der Waals surface area contributed by atoms with Crippen LogP contribution in [0.3, 0.4) is 0 Å². The van der Waals surface area contributed by atoms with E-state index in [2.05, 4.69) is 6.92 Å². The van der Waals surface area contributed by atoms with Gasteiger partial charge in [-0.05, 0) is 36.5 Å². The maximum atomic E-state index is 10.9. The van der Waals surface area contributed by atoms with E-state index in [0.717, 1.165) is 36.3 Å². The average Bonchev–Trinajstić information content (AvgIpc) is 2.42. The molecule has 1 aromatic rings. The quantitative estimate of drug-likeness (QED) is 0.830. The molecule has 3 heteroatoms. The fraction of sp³-hybridized carbons (Fsp3) is 0.600. The van der Waals surface area contributed by atoms with Crippen LogP contribution >= 0.6 is 0 Å². The van der Waals surface area contributed by atoms with Gasteiger partial charge in [0.05, 0.1) is 5.60 Å².